The van der Waals surface area contributed by atoms with Crippen LogP contribution in [0.5, 0.6) is 0 Å². The molecule has 3 heteroatoms. The number of rotatable bonds is 6. The van der Waals surface area contributed by atoms with Gasteiger partial charge in [-0.25, -0.2) is 0 Å². The van der Waals surface area contributed by atoms with Gasteiger partial charge >= 0.3 is 0 Å². The summed E-state index contributed by atoms with van der Waals surface area (Å²) < 4.78 is 0. The van der Waals surface area contributed by atoms with E-state index in [1.54, 1.807) is 5.57 Å². The summed E-state index contributed by atoms with van der Waals surface area (Å²) in [6.07, 6.45) is 18.7. The molecule has 32 heavy (non-hydrogen) atoms. The number of aliphatic hydroxyl groups is 1. The van der Waals surface area contributed by atoms with Gasteiger partial charge in [-0.2, -0.15) is 0 Å². The number of hydrogen-bond acceptors (Lipinski definition) is 3. The highest BCUT2D eigenvalue weighted by Crippen LogP contribution is 2.60. The molecule has 0 aromatic heterocycles. The minimum atomic E-state index is -0.290. The van der Waals surface area contributed by atoms with Crippen molar-refractivity contribution in [3.63, 3.8) is 0 Å². The molecule has 1 aliphatic heterocycles. The summed E-state index contributed by atoms with van der Waals surface area (Å²) in [7, 11) is 0. The van der Waals surface area contributed by atoms with E-state index in [0.29, 0.717) is 5.41 Å². The van der Waals surface area contributed by atoms with Crippen molar-refractivity contribution in [3.05, 3.63) is 23.3 Å². The van der Waals surface area contributed by atoms with E-state index in [1.807, 2.05) is 0 Å². The zero-order chi connectivity index (χ0) is 22.9. The Morgan fingerprint density at radius 1 is 1.12 bits per heavy atom. The number of aliphatic hydroxyl groups excluding tert-OH is 1. The van der Waals surface area contributed by atoms with Crippen molar-refractivity contribution >= 4 is 5.71 Å². The average Bonchev–Trinajstić information content (AvgIpc) is 3.29. The second-order valence-corrected chi connectivity index (χ2v) is 12.3. The van der Waals surface area contributed by atoms with Gasteiger partial charge in [0.2, 0.25) is 0 Å². The molecule has 4 rings (SSSR count). The van der Waals surface area contributed by atoms with Crippen LogP contribution >= 0.6 is 0 Å². The lowest BCUT2D eigenvalue weighted by atomic mass is 9.60. The molecule has 0 saturated heterocycles. The van der Waals surface area contributed by atoms with Gasteiger partial charge in [-0.15, -0.1) is 0 Å². The van der Waals surface area contributed by atoms with Gasteiger partial charge in [-0.05, 0) is 93.0 Å². The topological polar surface area (TPSA) is 41.8 Å². The summed E-state index contributed by atoms with van der Waals surface area (Å²) in [5.41, 5.74) is 4.17. The lowest BCUT2D eigenvalue weighted by molar-refractivity contribution is -0.0282. The molecule has 0 aromatic rings. The van der Waals surface area contributed by atoms with Crippen LogP contribution in [0, 0.1) is 29.1 Å². The second-order valence-electron chi connectivity index (χ2n) is 12.3. The van der Waals surface area contributed by atoms with Crippen LogP contribution in [0.1, 0.15) is 112 Å². The highest BCUT2D eigenvalue weighted by molar-refractivity contribution is 5.84. The Morgan fingerprint density at radius 2 is 1.94 bits per heavy atom. The van der Waals surface area contributed by atoms with Crippen molar-refractivity contribution in [2.45, 2.75) is 123 Å². The van der Waals surface area contributed by atoms with Crippen molar-refractivity contribution in [1.82, 2.24) is 0 Å². The molecule has 1 heterocycles. The first-order chi connectivity index (χ1) is 15.2. The van der Waals surface area contributed by atoms with Crippen molar-refractivity contribution in [1.29, 1.82) is 0 Å². The first kappa shape index (κ1) is 24.0. The van der Waals surface area contributed by atoms with Crippen LogP contribution in [0.3, 0.4) is 0 Å². The maximum absolute atomic E-state index is 10.4. The zero-order valence-electron chi connectivity index (χ0n) is 21.3. The van der Waals surface area contributed by atoms with E-state index in [2.05, 4.69) is 51.9 Å². The van der Waals surface area contributed by atoms with E-state index < -0.39 is 0 Å². The van der Waals surface area contributed by atoms with E-state index in [9.17, 15) is 5.11 Å². The third-order valence-corrected chi connectivity index (χ3v) is 9.50. The third kappa shape index (κ3) is 4.74. The van der Waals surface area contributed by atoms with Gasteiger partial charge in [0.25, 0.3) is 0 Å². The Balaban J connectivity index is 1.50. The largest absolute Gasteiger partial charge is 0.393 e. The molecule has 3 nitrogen and oxygen atoms in total. The zero-order valence-corrected chi connectivity index (χ0v) is 21.3. The van der Waals surface area contributed by atoms with Crippen LogP contribution in [-0.4, -0.2) is 22.5 Å². The van der Waals surface area contributed by atoms with Crippen LogP contribution in [0.25, 0.3) is 0 Å². The normalized spacial score (nSPS) is 40.7. The summed E-state index contributed by atoms with van der Waals surface area (Å²) in [4.78, 5) is 5.98. The Hall–Kier alpha value is -1.09. The van der Waals surface area contributed by atoms with Gasteiger partial charge in [0.15, 0.2) is 5.60 Å². The second kappa shape index (κ2) is 9.65. The molecule has 3 saturated carbocycles. The molecule has 3 fully saturated rings. The van der Waals surface area contributed by atoms with Crippen molar-refractivity contribution < 1.29 is 9.94 Å². The molecule has 0 amide bonds. The number of allylic oxidation sites excluding steroid dienone is 3. The first-order valence-corrected chi connectivity index (χ1v) is 13.5. The molecular formula is C29H47NO2. The summed E-state index contributed by atoms with van der Waals surface area (Å²) in [6.45, 7) is 11.9. The number of hydrogen-bond donors (Lipinski definition) is 1. The summed E-state index contributed by atoms with van der Waals surface area (Å²) in [5, 5.41) is 14.6. The maximum atomic E-state index is 10.4. The van der Waals surface area contributed by atoms with Gasteiger partial charge in [-0.3, -0.25) is 0 Å². The number of nitrogens with zero attached hydrogens (tertiary/aromatic N) is 1. The minimum Gasteiger partial charge on any atom is -0.393 e. The molecule has 0 unspecified atom stereocenters. The lowest BCUT2D eigenvalue weighted by Gasteiger charge is -2.44. The molecule has 180 valence electrons. The standard InChI is InChI=1S/C29H47NO2/c1-20(2)8-6-9-21(3)26-13-14-27-23(10-7-16-28(26,27)5)11-12-24-18-25(31)15-17-29(24)19-22(4)30-32-29/h11-12,20-21,25-27,31H,6-10,13-19H2,1-5H3/b23-11+,24-12-/t21-,25+,26-,27+,28-,29+/m1/s1. The Bertz CT molecular complexity index is 765. The molecule has 0 aromatic carbocycles. The predicted octanol–water partition coefficient (Wildman–Crippen LogP) is 7.60. The van der Waals surface area contributed by atoms with Crippen LogP contribution in [0.2, 0.25) is 0 Å². The minimum absolute atomic E-state index is 0.242. The van der Waals surface area contributed by atoms with E-state index in [-0.39, 0.29) is 11.7 Å². The fourth-order valence-electron chi connectivity index (χ4n) is 7.74. The van der Waals surface area contributed by atoms with Crippen molar-refractivity contribution in [3.8, 4) is 0 Å². The molecule has 1 N–H and O–H groups in total. The predicted molar refractivity (Wildman–Crippen MR) is 134 cm³/mol. The summed E-state index contributed by atoms with van der Waals surface area (Å²) in [5.74, 6) is 3.27. The molecule has 4 aliphatic rings. The van der Waals surface area contributed by atoms with Crippen LogP contribution < -0.4 is 0 Å². The van der Waals surface area contributed by atoms with E-state index in [1.165, 1.54) is 56.9 Å². The smallest absolute Gasteiger partial charge is 0.164 e. The Kier molecular flexibility index (Phi) is 7.25. The van der Waals surface area contributed by atoms with Crippen LogP contribution in [-0.2, 0) is 4.84 Å². The van der Waals surface area contributed by atoms with E-state index in [0.717, 1.165) is 55.1 Å². The van der Waals surface area contributed by atoms with Gasteiger partial charge in [-0.1, -0.05) is 69.8 Å². The third-order valence-electron chi connectivity index (χ3n) is 9.50. The van der Waals surface area contributed by atoms with Crippen LogP contribution in [0.15, 0.2) is 28.5 Å². The van der Waals surface area contributed by atoms with Crippen molar-refractivity contribution in [2.24, 2.45) is 34.2 Å². The first-order valence-electron chi connectivity index (χ1n) is 13.5. The monoisotopic (exact) mass is 441 g/mol. The lowest BCUT2D eigenvalue weighted by Crippen LogP contribution is -2.38. The van der Waals surface area contributed by atoms with Gasteiger partial charge < -0.3 is 9.94 Å². The fourth-order valence-corrected chi connectivity index (χ4v) is 7.74. The highest BCUT2D eigenvalue weighted by atomic mass is 16.7. The number of oxime groups is 1. The Morgan fingerprint density at radius 3 is 2.66 bits per heavy atom. The fraction of sp³-hybridized carbons (Fsp3) is 0.828. The molecular weight excluding hydrogens is 394 g/mol. The van der Waals surface area contributed by atoms with Gasteiger partial charge in [0.05, 0.1) is 11.8 Å². The van der Waals surface area contributed by atoms with Gasteiger partial charge in [0, 0.05) is 6.42 Å². The molecule has 0 radical (unpaired) electrons. The molecule has 1 spiro atoms. The Labute approximate surface area is 196 Å². The maximum Gasteiger partial charge on any atom is 0.164 e. The quantitative estimate of drug-likeness (QED) is 0.461. The molecule has 6 atom stereocenters. The number of fused-ring (bicyclic) bond motifs is 1. The van der Waals surface area contributed by atoms with Crippen molar-refractivity contribution in [2.75, 3.05) is 0 Å². The summed E-state index contributed by atoms with van der Waals surface area (Å²) >= 11 is 0. The van der Waals surface area contributed by atoms with Gasteiger partial charge in [0.1, 0.15) is 0 Å². The highest BCUT2D eigenvalue weighted by Gasteiger charge is 2.50. The average molecular weight is 442 g/mol. The molecule has 3 aliphatic carbocycles. The van der Waals surface area contributed by atoms with E-state index >= 15 is 0 Å². The van der Waals surface area contributed by atoms with E-state index in [4.69, 9.17) is 4.84 Å². The summed E-state index contributed by atoms with van der Waals surface area (Å²) in [6, 6.07) is 0. The van der Waals surface area contributed by atoms with Crippen LogP contribution in [0.4, 0.5) is 0 Å². The molecule has 0 bridgehead atoms. The SMILES string of the molecule is CC1=NO[C@@]2(CC[C@H](O)C/C2=C/C=C2\CCC[C@]3(C)[C@@H]([C@H](C)CCCC(C)C)CC[C@@H]23)C1.